The highest BCUT2D eigenvalue weighted by Crippen LogP contribution is 2.01. The second kappa shape index (κ2) is 2.95. The van der Waals surface area contributed by atoms with E-state index in [9.17, 15) is 0 Å². The molecule has 0 aromatic carbocycles. The van der Waals surface area contributed by atoms with E-state index in [4.69, 9.17) is 5.11 Å². The van der Waals surface area contributed by atoms with E-state index in [-0.39, 0.29) is 13.4 Å². The van der Waals surface area contributed by atoms with Gasteiger partial charge in [-0.05, 0) is 0 Å². The van der Waals surface area contributed by atoms with Gasteiger partial charge in [-0.25, -0.2) is 0 Å². The van der Waals surface area contributed by atoms with Crippen molar-refractivity contribution < 1.29 is 24.7 Å². The molecule has 0 saturated carbocycles. The Kier molecular flexibility index (Phi) is 2.19. The summed E-state index contributed by atoms with van der Waals surface area (Å²) in [5.74, 6) is 0. The third-order valence-corrected chi connectivity index (χ3v) is 0.646. The maximum absolute atomic E-state index is 8.31. The summed E-state index contributed by atoms with van der Waals surface area (Å²) in [6, 6.07) is 0. The number of aliphatic hydroxyl groups is 1. The van der Waals surface area contributed by atoms with E-state index in [1.807, 2.05) is 0 Å². The summed E-state index contributed by atoms with van der Waals surface area (Å²) in [6.45, 7) is -0.241. The average molecular weight is 122 g/mol. The van der Waals surface area contributed by atoms with Crippen molar-refractivity contribution in [2.24, 2.45) is 0 Å². The Balaban J connectivity index is 2.13. The quantitative estimate of drug-likeness (QED) is 0.460. The zero-order chi connectivity index (χ0) is 5.82. The van der Waals surface area contributed by atoms with Gasteiger partial charge in [0.15, 0.2) is 6.79 Å². The van der Waals surface area contributed by atoms with Crippen molar-refractivity contribution in [2.75, 3.05) is 13.4 Å². The molecule has 0 amide bonds. The Hall–Kier alpha value is -0.200. The van der Waals surface area contributed by atoms with E-state index in [0.29, 0.717) is 0 Å². The lowest BCUT2D eigenvalue weighted by molar-refractivity contribution is -0.606. The first-order chi connectivity index (χ1) is 3.93. The van der Waals surface area contributed by atoms with Crippen LogP contribution in [0.15, 0.2) is 0 Å². The van der Waals surface area contributed by atoms with Gasteiger partial charge in [0.25, 0.3) is 0 Å². The van der Waals surface area contributed by atoms with Crippen molar-refractivity contribution in [3.05, 3.63) is 0 Å². The largest absolute Gasteiger partial charge is 0.391 e. The molecule has 5 nitrogen and oxygen atoms in total. The molecule has 0 bridgehead atoms. The molecule has 0 radical (unpaired) electrons. The van der Waals surface area contributed by atoms with Gasteiger partial charge in [0.2, 0.25) is 6.29 Å². The van der Waals surface area contributed by atoms with E-state index in [0.717, 1.165) is 0 Å². The molecule has 0 aliphatic carbocycles. The summed E-state index contributed by atoms with van der Waals surface area (Å²) < 4.78 is 4.61. The molecule has 0 spiro atoms. The molecule has 1 unspecified atom stereocenters. The molecule has 1 heterocycles. The van der Waals surface area contributed by atoms with Crippen molar-refractivity contribution in [2.45, 2.75) is 6.29 Å². The molecule has 1 aliphatic heterocycles. The number of aliphatic hydroxyl groups excluding tert-OH is 1. The van der Waals surface area contributed by atoms with Gasteiger partial charge in [-0.1, -0.05) is 5.04 Å². The van der Waals surface area contributed by atoms with Gasteiger partial charge in [-0.3, -0.25) is 0 Å². The normalized spacial score (nSPS) is 30.4. The molecule has 1 N–H and O–H groups in total. The first kappa shape index (κ1) is 5.93. The molecule has 1 atom stereocenters. The van der Waals surface area contributed by atoms with E-state index < -0.39 is 6.29 Å². The van der Waals surface area contributed by atoms with Crippen LogP contribution in [0.25, 0.3) is 0 Å². The fourth-order valence-corrected chi connectivity index (χ4v) is 0.306. The Labute approximate surface area is 45.6 Å². The van der Waals surface area contributed by atoms with Crippen LogP contribution < -0.4 is 0 Å². The van der Waals surface area contributed by atoms with Crippen LogP contribution in [0.1, 0.15) is 0 Å². The van der Waals surface area contributed by atoms with Gasteiger partial charge in [-0.2, -0.15) is 9.78 Å². The van der Waals surface area contributed by atoms with E-state index in [1.54, 1.807) is 0 Å². The van der Waals surface area contributed by atoms with Gasteiger partial charge in [0.1, 0.15) is 0 Å². The molecular weight excluding hydrogens is 116 g/mol. The Bertz CT molecular complexity index is 58.7. The maximum atomic E-state index is 8.31. The van der Waals surface area contributed by atoms with Crippen LogP contribution >= 0.6 is 0 Å². The van der Waals surface area contributed by atoms with Crippen LogP contribution in [0, 0.1) is 0 Å². The highest BCUT2D eigenvalue weighted by molar-refractivity contribution is 4.31. The van der Waals surface area contributed by atoms with Crippen molar-refractivity contribution in [1.82, 2.24) is 0 Å². The minimum Gasteiger partial charge on any atom is -0.391 e. The maximum Gasteiger partial charge on any atom is 0.219 e. The molecule has 5 heteroatoms. The highest BCUT2D eigenvalue weighted by atomic mass is 17.5. The summed E-state index contributed by atoms with van der Waals surface area (Å²) >= 11 is 0. The van der Waals surface area contributed by atoms with E-state index in [1.165, 1.54) is 0 Å². The molecule has 1 fully saturated rings. The Morgan fingerprint density at radius 2 is 2.50 bits per heavy atom. The number of hydrogen-bond acceptors (Lipinski definition) is 5. The lowest BCUT2D eigenvalue weighted by Crippen LogP contribution is -2.27. The number of ether oxygens (including phenoxy) is 1. The molecule has 48 valence electrons. The standard InChI is InChI=1S/C3H6O5/c4-1-3-5-2-6-8-7-3/h3-4H,1-2H2. The zero-order valence-electron chi connectivity index (χ0n) is 4.07. The summed E-state index contributed by atoms with van der Waals surface area (Å²) in [5.41, 5.74) is 0. The van der Waals surface area contributed by atoms with Crippen molar-refractivity contribution in [3.8, 4) is 0 Å². The van der Waals surface area contributed by atoms with Crippen molar-refractivity contribution in [3.63, 3.8) is 0 Å². The molecule has 1 saturated heterocycles. The number of rotatable bonds is 1. The summed E-state index contributed by atoms with van der Waals surface area (Å²) in [4.78, 5) is 8.38. The van der Waals surface area contributed by atoms with Crippen LogP contribution in [-0.4, -0.2) is 24.8 Å². The predicted molar refractivity (Wildman–Crippen MR) is 20.1 cm³/mol. The molecule has 1 aliphatic rings. The topological polar surface area (TPSA) is 57.2 Å². The van der Waals surface area contributed by atoms with Crippen LogP contribution in [-0.2, 0) is 19.6 Å². The first-order valence-electron chi connectivity index (χ1n) is 2.11. The lowest BCUT2D eigenvalue weighted by Gasteiger charge is -2.17. The van der Waals surface area contributed by atoms with Crippen LogP contribution in [0.4, 0.5) is 0 Å². The molecular formula is C3H6O5. The Morgan fingerprint density at radius 1 is 1.62 bits per heavy atom. The summed E-state index contributed by atoms with van der Waals surface area (Å²) in [5, 5.41) is 12.3. The lowest BCUT2D eigenvalue weighted by atomic mass is 10.7. The minimum absolute atomic E-state index is 0.00870. The second-order valence-corrected chi connectivity index (χ2v) is 1.18. The molecule has 0 aromatic heterocycles. The van der Waals surface area contributed by atoms with Crippen molar-refractivity contribution in [1.29, 1.82) is 0 Å². The van der Waals surface area contributed by atoms with Gasteiger partial charge >= 0.3 is 0 Å². The fraction of sp³-hybridized carbons (Fsp3) is 1.00. The summed E-state index contributed by atoms with van der Waals surface area (Å²) in [6.07, 6.45) is -0.705. The smallest absolute Gasteiger partial charge is 0.219 e. The second-order valence-electron chi connectivity index (χ2n) is 1.18. The van der Waals surface area contributed by atoms with E-state index >= 15 is 0 Å². The van der Waals surface area contributed by atoms with Crippen LogP contribution in [0.2, 0.25) is 0 Å². The van der Waals surface area contributed by atoms with Gasteiger partial charge in [-0.15, -0.1) is 0 Å². The third-order valence-electron chi connectivity index (χ3n) is 0.646. The molecule has 0 aromatic rings. The monoisotopic (exact) mass is 122 g/mol. The third kappa shape index (κ3) is 1.39. The highest BCUT2D eigenvalue weighted by Gasteiger charge is 2.13. The average Bonchev–Trinajstić information content (AvgIpc) is 1.90. The van der Waals surface area contributed by atoms with Gasteiger partial charge in [0.05, 0.1) is 6.61 Å². The van der Waals surface area contributed by atoms with E-state index in [2.05, 4.69) is 19.6 Å². The predicted octanol–water partition coefficient (Wildman–Crippen LogP) is -0.828. The molecule has 8 heavy (non-hydrogen) atoms. The minimum atomic E-state index is -0.705. The first-order valence-corrected chi connectivity index (χ1v) is 2.11. The molecule has 1 rings (SSSR count). The zero-order valence-corrected chi connectivity index (χ0v) is 4.07. The van der Waals surface area contributed by atoms with Crippen LogP contribution in [0.5, 0.6) is 0 Å². The Morgan fingerprint density at radius 3 is 2.88 bits per heavy atom. The fourth-order valence-electron chi connectivity index (χ4n) is 0.306. The summed E-state index contributed by atoms with van der Waals surface area (Å²) in [7, 11) is 0. The SMILES string of the molecule is OCC1OCOOO1. The number of hydrogen-bond donors (Lipinski definition) is 1. The van der Waals surface area contributed by atoms with Crippen LogP contribution in [0.3, 0.4) is 0 Å². The van der Waals surface area contributed by atoms with Gasteiger partial charge in [0, 0.05) is 0 Å². The van der Waals surface area contributed by atoms with Gasteiger partial charge < -0.3 is 9.84 Å². The van der Waals surface area contributed by atoms with Crippen molar-refractivity contribution >= 4 is 0 Å².